The summed E-state index contributed by atoms with van der Waals surface area (Å²) >= 11 is 0. The molecule has 0 fully saturated rings. The van der Waals surface area contributed by atoms with Crippen LogP contribution in [0.15, 0.2) is 60.8 Å². The molecule has 1 unspecified atom stereocenters. The number of fused-ring (bicyclic) bond motifs is 1. The number of aromatic nitrogens is 1. The molecule has 0 amide bonds. The van der Waals surface area contributed by atoms with Gasteiger partial charge >= 0.3 is 0 Å². The molecule has 3 aromatic rings. The van der Waals surface area contributed by atoms with Crippen LogP contribution in [-0.4, -0.2) is 35.2 Å². The van der Waals surface area contributed by atoms with Crippen LogP contribution >= 0.6 is 0 Å². The van der Waals surface area contributed by atoms with E-state index in [1.165, 1.54) is 11.8 Å². The normalized spacial score (nSPS) is 16.5. The van der Waals surface area contributed by atoms with E-state index in [1.807, 2.05) is 24.3 Å². The van der Waals surface area contributed by atoms with Crippen molar-refractivity contribution in [2.24, 2.45) is 0 Å². The molecule has 7 nitrogen and oxygen atoms in total. The molecule has 156 valence electrons. The first-order valence-corrected chi connectivity index (χ1v) is 9.94. The number of non-ortho nitro benzene ring substituents is 1. The molecule has 0 bridgehead atoms. The standard InChI is InChI=1S/C23H25N3O4/c1-29-20-13-18(14-21(15-20)30-2)23-22-8-4-9-24(22)10-5-11-25(23)16-17-6-3-7-19(12-17)26(27)28/h3-4,6-9,12-15,23H,5,10-11,16H2,1-2H3. The van der Waals surface area contributed by atoms with Crippen molar-refractivity contribution in [1.82, 2.24) is 9.47 Å². The summed E-state index contributed by atoms with van der Waals surface area (Å²) < 4.78 is 13.3. The quantitative estimate of drug-likeness (QED) is 0.447. The number of methoxy groups -OCH3 is 2. The van der Waals surface area contributed by atoms with Gasteiger partial charge in [0.2, 0.25) is 0 Å². The Bertz CT molecular complexity index is 1020. The minimum Gasteiger partial charge on any atom is -0.497 e. The molecule has 0 saturated heterocycles. The van der Waals surface area contributed by atoms with E-state index in [0.717, 1.165) is 42.1 Å². The van der Waals surface area contributed by atoms with Crippen molar-refractivity contribution < 1.29 is 14.4 Å². The molecule has 30 heavy (non-hydrogen) atoms. The lowest BCUT2D eigenvalue weighted by Crippen LogP contribution is -2.29. The largest absolute Gasteiger partial charge is 0.497 e. The smallest absolute Gasteiger partial charge is 0.269 e. The van der Waals surface area contributed by atoms with Gasteiger partial charge in [-0.05, 0) is 41.8 Å². The fourth-order valence-corrected chi connectivity index (χ4v) is 4.18. The lowest BCUT2D eigenvalue weighted by molar-refractivity contribution is -0.384. The van der Waals surface area contributed by atoms with Gasteiger partial charge in [-0.1, -0.05) is 12.1 Å². The van der Waals surface area contributed by atoms with E-state index in [-0.39, 0.29) is 16.7 Å². The van der Waals surface area contributed by atoms with Gasteiger partial charge in [-0.2, -0.15) is 0 Å². The lowest BCUT2D eigenvalue weighted by Gasteiger charge is -2.31. The number of ether oxygens (including phenoxy) is 2. The fraction of sp³-hybridized carbons (Fsp3) is 0.304. The highest BCUT2D eigenvalue weighted by Gasteiger charge is 2.28. The topological polar surface area (TPSA) is 69.8 Å². The van der Waals surface area contributed by atoms with Gasteiger partial charge < -0.3 is 14.0 Å². The highest BCUT2D eigenvalue weighted by atomic mass is 16.6. The Morgan fingerprint density at radius 1 is 1.03 bits per heavy atom. The molecule has 2 aromatic carbocycles. The summed E-state index contributed by atoms with van der Waals surface area (Å²) in [4.78, 5) is 13.2. The van der Waals surface area contributed by atoms with E-state index < -0.39 is 0 Å². The van der Waals surface area contributed by atoms with Gasteiger partial charge in [-0.3, -0.25) is 15.0 Å². The van der Waals surface area contributed by atoms with Crippen molar-refractivity contribution >= 4 is 5.69 Å². The molecule has 1 atom stereocenters. The zero-order chi connectivity index (χ0) is 21.1. The predicted octanol–water partition coefficient (Wildman–Crippen LogP) is 4.41. The van der Waals surface area contributed by atoms with Gasteiger partial charge in [0, 0.05) is 49.7 Å². The van der Waals surface area contributed by atoms with Crippen molar-refractivity contribution in [2.75, 3.05) is 20.8 Å². The first-order valence-electron chi connectivity index (χ1n) is 9.94. The summed E-state index contributed by atoms with van der Waals surface area (Å²) in [5, 5.41) is 11.2. The maximum atomic E-state index is 11.2. The number of benzene rings is 2. The molecule has 1 aliphatic heterocycles. The summed E-state index contributed by atoms with van der Waals surface area (Å²) in [5.74, 6) is 1.48. The maximum Gasteiger partial charge on any atom is 0.269 e. The Balaban J connectivity index is 1.77. The van der Waals surface area contributed by atoms with E-state index in [4.69, 9.17) is 9.47 Å². The van der Waals surface area contributed by atoms with Crippen molar-refractivity contribution in [1.29, 1.82) is 0 Å². The summed E-state index contributed by atoms with van der Waals surface area (Å²) in [7, 11) is 3.30. The van der Waals surface area contributed by atoms with E-state index >= 15 is 0 Å². The Kier molecular flexibility index (Phi) is 5.72. The minimum atomic E-state index is -0.346. The maximum absolute atomic E-state index is 11.2. The van der Waals surface area contributed by atoms with Gasteiger partial charge in [0.05, 0.1) is 25.2 Å². The van der Waals surface area contributed by atoms with Gasteiger partial charge in [-0.25, -0.2) is 0 Å². The number of nitrogens with zero attached hydrogens (tertiary/aromatic N) is 3. The van der Waals surface area contributed by atoms with Crippen LogP contribution in [0.5, 0.6) is 11.5 Å². The van der Waals surface area contributed by atoms with E-state index in [0.29, 0.717) is 6.54 Å². The zero-order valence-corrected chi connectivity index (χ0v) is 17.2. The molecule has 0 N–H and O–H groups in total. The minimum absolute atomic E-state index is 0.0224. The Hall–Kier alpha value is -3.32. The van der Waals surface area contributed by atoms with Crippen molar-refractivity contribution in [2.45, 2.75) is 25.6 Å². The molecule has 1 aromatic heterocycles. The predicted molar refractivity (Wildman–Crippen MR) is 114 cm³/mol. The van der Waals surface area contributed by atoms with Crippen LogP contribution in [0.25, 0.3) is 0 Å². The average molecular weight is 407 g/mol. The highest BCUT2D eigenvalue weighted by molar-refractivity contribution is 5.43. The van der Waals surface area contributed by atoms with Gasteiger partial charge in [0.25, 0.3) is 5.69 Å². The average Bonchev–Trinajstić information content (AvgIpc) is 3.14. The van der Waals surface area contributed by atoms with Crippen LogP contribution in [0.4, 0.5) is 5.69 Å². The van der Waals surface area contributed by atoms with Crippen molar-refractivity contribution in [3.63, 3.8) is 0 Å². The van der Waals surface area contributed by atoms with Crippen LogP contribution in [-0.2, 0) is 13.1 Å². The molecular weight excluding hydrogens is 382 g/mol. The first kappa shape index (κ1) is 20.0. The lowest BCUT2D eigenvalue weighted by atomic mass is 10.00. The second-order valence-corrected chi connectivity index (χ2v) is 7.43. The van der Waals surface area contributed by atoms with E-state index in [2.05, 4.69) is 27.8 Å². The van der Waals surface area contributed by atoms with Crippen LogP contribution < -0.4 is 9.47 Å². The van der Waals surface area contributed by atoms with Gasteiger partial charge in [0.1, 0.15) is 11.5 Å². The number of aryl methyl sites for hydroxylation is 1. The molecule has 1 aliphatic rings. The van der Waals surface area contributed by atoms with Crippen molar-refractivity contribution in [3.05, 3.63) is 87.7 Å². The monoisotopic (exact) mass is 407 g/mol. The summed E-state index contributed by atoms with van der Waals surface area (Å²) in [6.45, 7) is 2.41. The number of nitro benzene ring substituents is 1. The Morgan fingerprint density at radius 3 is 2.50 bits per heavy atom. The van der Waals surface area contributed by atoms with E-state index in [9.17, 15) is 10.1 Å². The molecule has 4 rings (SSSR count). The summed E-state index contributed by atoms with van der Waals surface area (Å²) in [6, 6.07) is 17.0. The molecule has 0 spiro atoms. The van der Waals surface area contributed by atoms with E-state index in [1.54, 1.807) is 26.4 Å². The first-order chi connectivity index (χ1) is 14.6. The zero-order valence-electron chi connectivity index (χ0n) is 17.2. The number of hydrogen-bond acceptors (Lipinski definition) is 5. The SMILES string of the molecule is COc1cc(OC)cc(C2c3cccn3CCCN2Cc2cccc([N+](=O)[O-])c2)c1. The molecular formula is C23H25N3O4. The third kappa shape index (κ3) is 4.02. The van der Waals surface area contributed by atoms with Gasteiger partial charge in [-0.15, -0.1) is 0 Å². The number of hydrogen-bond donors (Lipinski definition) is 0. The Labute approximate surface area is 175 Å². The molecule has 2 heterocycles. The van der Waals surface area contributed by atoms with Crippen LogP contribution in [0, 0.1) is 10.1 Å². The molecule has 0 aliphatic carbocycles. The molecule has 0 radical (unpaired) electrons. The van der Waals surface area contributed by atoms with Crippen LogP contribution in [0.3, 0.4) is 0 Å². The number of rotatable bonds is 6. The third-order valence-corrected chi connectivity index (χ3v) is 5.55. The summed E-state index contributed by atoms with van der Waals surface area (Å²) in [6.07, 6.45) is 3.10. The Morgan fingerprint density at radius 2 is 1.80 bits per heavy atom. The van der Waals surface area contributed by atoms with Crippen LogP contribution in [0.1, 0.15) is 29.3 Å². The van der Waals surface area contributed by atoms with Gasteiger partial charge in [0.15, 0.2) is 0 Å². The second-order valence-electron chi connectivity index (χ2n) is 7.43. The fourth-order valence-electron chi connectivity index (χ4n) is 4.18. The highest BCUT2D eigenvalue weighted by Crippen LogP contribution is 2.36. The number of nitro groups is 1. The summed E-state index contributed by atoms with van der Waals surface area (Å²) in [5.41, 5.74) is 3.29. The molecule has 7 heteroatoms. The molecule has 0 saturated carbocycles. The second kappa shape index (κ2) is 8.59. The third-order valence-electron chi connectivity index (χ3n) is 5.55. The van der Waals surface area contributed by atoms with Crippen molar-refractivity contribution in [3.8, 4) is 11.5 Å². The van der Waals surface area contributed by atoms with Crippen LogP contribution in [0.2, 0.25) is 0 Å².